The van der Waals surface area contributed by atoms with E-state index in [2.05, 4.69) is 39.3 Å². The third-order valence-corrected chi connectivity index (χ3v) is 10.2. The van der Waals surface area contributed by atoms with E-state index in [4.69, 9.17) is 5.84 Å². The predicted molar refractivity (Wildman–Crippen MR) is 61.4 cm³/mol. The lowest BCUT2D eigenvalue weighted by molar-refractivity contribution is 0.673. The molecule has 0 atom stereocenters. The summed E-state index contributed by atoms with van der Waals surface area (Å²) in [5.41, 5.74) is 4.01. The molecule has 0 radical (unpaired) electrons. The Morgan fingerprint density at radius 3 is 1.42 bits per heavy atom. The Kier molecular flexibility index (Phi) is 3.65. The summed E-state index contributed by atoms with van der Waals surface area (Å²) in [6.45, 7) is 16.4. The Labute approximate surface area is 77.9 Å². The summed E-state index contributed by atoms with van der Waals surface area (Å²) < 4.78 is 2.03. The fraction of sp³-hybridized carbons (Fsp3) is 0.500. The molecule has 0 aliphatic carbocycles. The molecule has 0 heterocycles. The summed E-state index contributed by atoms with van der Waals surface area (Å²) in [4.78, 5) is 0. The smallest absolute Gasteiger partial charge is 0.154 e. The van der Waals surface area contributed by atoms with E-state index < -0.39 is 16.5 Å². The molecule has 0 bridgehead atoms. The van der Waals surface area contributed by atoms with Gasteiger partial charge in [0.05, 0.1) is 0 Å². The van der Waals surface area contributed by atoms with Crippen LogP contribution in [0.1, 0.15) is 0 Å². The van der Waals surface area contributed by atoms with Gasteiger partial charge < -0.3 is 0 Å². The summed E-state index contributed by atoms with van der Waals surface area (Å²) in [6.07, 6.45) is 0. The predicted octanol–water partition coefficient (Wildman–Crippen LogP) is 2.02. The van der Waals surface area contributed by atoms with Crippen molar-refractivity contribution in [3.63, 3.8) is 0 Å². The molecule has 0 unspecified atom stereocenters. The standard InChI is InChI=1S/C8H20N2Si2/c1-7-11(3,4)10(9)12(5,6)8-2/h7-8H,1-2,9H2,3-6H3. The fourth-order valence-electron chi connectivity index (χ4n) is 0.939. The van der Waals surface area contributed by atoms with Crippen LogP contribution in [-0.2, 0) is 0 Å². The van der Waals surface area contributed by atoms with E-state index in [-0.39, 0.29) is 0 Å². The first-order chi connectivity index (χ1) is 5.28. The molecule has 12 heavy (non-hydrogen) atoms. The largest absolute Gasteiger partial charge is 0.281 e. The van der Waals surface area contributed by atoms with Crippen LogP contribution in [0.25, 0.3) is 0 Å². The van der Waals surface area contributed by atoms with E-state index in [1.165, 1.54) is 0 Å². The van der Waals surface area contributed by atoms with Gasteiger partial charge >= 0.3 is 0 Å². The number of hydrogen-bond acceptors (Lipinski definition) is 2. The highest BCUT2D eigenvalue weighted by atomic mass is 28.4. The van der Waals surface area contributed by atoms with Crippen molar-refractivity contribution >= 4 is 16.5 Å². The highest BCUT2D eigenvalue weighted by molar-refractivity contribution is 6.94. The van der Waals surface area contributed by atoms with Gasteiger partial charge in [0.2, 0.25) is 0 Å². The average molecular weight is 200 g/mol. The molecule has 2 nitrogen and oxygen atoms in total. The first-order valence-corrected chi connectivity index (χ1v) is 10.1. The van der Waals surface area contributed by atoms with E-state index in [0.29, 0.717) is 0 Å². The SMILES string of the molecule is C=C[Si](C)(C)N(N)[Si](C)(C)C=C. The van der Waals surface area contributed by atoms with Gasteiger partial charge in [0, 0.05) is 0 Å². The quantitative estimate of drug-likeness (QED) is 0.427. The molecule has 0 aromatic carbocycles. The van der Waals surface area contributed by atoms with E-state index in [1.54, 1.807) is 0 Å². The molecule has 0 aliphatic heterocycles. The minimum absolute atomic E-state index is 1.57. The zero-order valence-corrected chi connectivity index (χ0v) is 10.6. The number of nitrogens with zero attached hydrogens (tertiary/aromatic N) is 1. The summed E-state index contributed by atoms with van der Waals surface area (Å²) in [5, 5.41) is 0. The van der Waals surface area contributed by atoms with Gasteiger partial charge in [-0.3, -0.25) is 10.2 Å². The molecule has 0 fully saturated rings. The number of nitrogens with two attached hydrogens (primary N) is 1. The van der Waals surface area contributed by atoms with Crippen molar-refractivity contribution < 1.29 is 0 Å². The number of rotatable bonds is 4. The molecule has 0 amide bonds. The summed E-state index contributed by atoms with van der Waals surface area (Å²) in [6, 6.07) is 0. The van der Waals surface area contributed by atoms with Gasteiger partial charge in [0.15, 0.2) is 16.5 Å². The van der Waals surface area contributed by atoms with Crippen molar-refractivity contribution in [2.45, 2.75) is 26.2 Å². The Morgan fingerprint density at radius 2 is 1.25 bits per heavy atom. The first kappa shape index (κ1) is 11.8. The van der Waals surface area contributed by atoms with Gasteiger partial charge in [0.25, 0.3) is 0 Å². The minimum Gasteiger partial charge on any atom is -0.281 e. The zero-order valence-electron chi connectivity index (χ0n) is 8.59. The van der Waals surface area contributed by atoms with Crippen LogP contribution in [-0.4, -0.2) is 20.8 Å². The Hall–Kier alpha value is -0.166. The average Bonchev–Trinajstić information content (AvgIpc) is 2.03. The second kappa shape index (κ2) is 3.70. The van der Waals surface area contributed by atoms with E-state index >= 15 is 0 Å². The summed E-state index contributed by atoms with van der Waals surface area (Å²) >= 11 is 0. The number of hydrogen-bond donors (Lipinski definition) is 1. The Balaban J connectivity index is 4.69. The van der Waals surface area contributed by atoms with Crippen molar-refractivity contribution in [3.05, 3.63) is 24.6 Å². The van der Waals surface area contributed by atoms with Gasteiger partial charge in [0.1, 0.15) is 0 Å². The number of hydrazine groups is 1. The second-order valence-electron chi connectivity index (χ2n) is 4.09. The van der Waals surface area contributed by atoms with Crippen molar-refractivity contribution in [3.8, 4) is 0 Å². The molecule has 0 aliphatic rings. The fourth-order valence-corrected chi connectivity index (χ4v) is 7.82. The Morgan fingerprint density at radius 1 is 1.00 bits per heavy atom. The Bertz CT molecular complexity index is 167. The van der Waals surface area contributed by atoms with Crippen LogP contribution in [0.2, 0.25) is 26.2 Å². The highest BCUT2D eigenvalue weighted by Crippen LogP contribution is 2.16. The molecule has 0 aromatic rings. The van der Waals surface area contributed by atoms with Crippen LogP contribution >= 0.6 is 0 Å². The normalized spacial score (nSPS) is 13.2. The molecule has 0 spiro atoms. The minimum atomic E-state index is -1.57. The maximum Gasteiger partial charge on any atom is 0.154 e. The lowest BCUT2D eigenvalue weighted by Gasteiger charge is -2.39. The first-order valence-electron chi connectivity index (χ1n) is 4.10. The van der Waals surface area contributed by atoms with Crippen LogP contribution in [0.4, 0.5) is 0 Å². The molecule has 70 valence electrons. The molecule has 4 heteroatoms. The molecule has 0 aromatic heterocycles. The van der Waals surface area contributed by atoms with Crippen LogP contribution < -0.4 is 5.84 Å². The van der Waals surface area contributed by atoms with Crippen LogP contribution in [0.5, 0.6) is 0 Å². The van der Waals surface area contributed by atoms with Gasteiger partial charge in [-0.1, -0.05) is 37.6 Å². The maximum absolute atomic E-state index is 6.06. The molecular weight excluding hydrogens is 180 g/mol. The van der Waals surface area contributed by atoms with Crippen LogP contribution in [0.3, 0.4) is 0 Å². The van der Waals surface area contributed by atoms with Gasteiger partial charge in [-0.25, -0.2) is 0 Å². The van der Waals surface area contributed by atoms with Crippen LogP contribution in [0.15, 0.2) is 24.6 Å². The zero-order chi connectivity index (χ0) is 9.99. The van der Waals surface area contributed by atoms with Gasteiger partial charge in [-0.15, -0.1) is 13.2 Å². The van der Waals surface area contributed by atoms with Crippen molar-refractivity contribution in [2.75, 3.05) is 0 Å². The van der Waals surface area contributed by atoms with Crippen LogP contribution in [0, 0.1) is 0 Å². The van der Waals surface area contributed by atoms with Crippen molar-refractivity contribution in [1.82, 2.24) is 4.34 Å². The van der Waals surface area contributed by atoms with Crippen molar-refractivity contribution in [1.29, 1.82) is 0 Å². The lowest BCUT2D eigenvalue weighted by Crippen LogP contribution is -2.64. The van der Waals surface area contributed by atoms with Gasteiger partial charge in [-0.05, 0) is 0 Å². The topological polar surface area (TPSA) is 29.3 Å². The maximum atomic E-state index is 6.06. The highest BCUT2D eigenvalue weighted by Gasteiger charge is 2.34. The van der Waals surface area contributed by atoms with E-state index in [0.717, 1.165) is 0 Å². The molecule has 2 N–H and O–H groups in total. The lowest BCUT2D eigenvalue weighted by atomic mass is 11.3. The molecule has 0 rings (SSSR count). The summed E-state index contributed by atoms with van der Waals surface area (Å²) in [5.74, 6) is 6.06. The van der Waals surface area contributed by atoms with E-state index in [9.17, 15) is 0 Å². The third-order valence-electron chi connectivity index (χ3n) is 2.24. The molecule has 0 saturated carbocycles. The van der Waals surface area contributed by atoms with E-state index in [1.807, 2.05) is 15.7 Å². The third kappa shape index (κ3) is 2.41. The van der Waals surface area contributed by atoms with Gasteiger partial charge in [-0.2, -0.15) is 0 Å². The summed E-state index contributed by atoms with van der Waals surface area (Å²) in [7, 11) is -3.14. The molecule has 0 saturated heterocycles. The second-order valence-corrected chi connectivity index (χ2v) is 12.9. The van der Waals surface area contributed by atoms with Crippen molar-refractivity contribution in [2.24, 2.45) is 5.84 Å². The monoisotopic (exact) mass is 200 g/mol. The molecular formula is C8H20N2Si2.